The van der Waals surface area contributed by atoms with Gasteiger partial charge in [-0.1, -0.05) is 261 Å². The predicted octanol–water partition coefficient (Wildman–Crippen LogP) is 20.0. The van der Waals surface area contributed by atoms with E-state index in [4.69, 9.17) is 14.2 Å². The topological polar surface area (TPSA) is 78.9 Å². The fourth-order valence-corrected chi connectivity index (χ4v) is 8.55. The third-order valence-corrected chi connectivity index (χ3v) is 13.0. The highest BCUT2D eigenvalue weighted by molar-refractivity contribution is 5.71. The van der Waals surface area contributed by atoms with Crippen molar-refractivity contribution in [1.82, 2.24) is 0 Å². The summed E-state index contributed by atoms with van der Waals surface area (Å²) < 4.78 is 16.9. The number of unbranched alkanes of at least 4 members (excludes halogenated alkanes) is 33. The number of hydrogen-bond acceptors (Lipinski definition) is 6. The molecule has 0 aromatic heterocycles. The Morgan fingerprint density at radius 2 is 0.565 bits per heavy atom. The molecule has 0 unspecified atom stereocenters. The van der Waals surface area contributed by atoms with Crippen LogP contribution in [0.2, 0.25) is 0 Å². The highest BCUT2D eigenvalue weighted by Gasteiger charge is 2.19. The van der Waals surface area contributed by atoms with Crippen LogP contribution in [0.3, 0.4) is 0 Å². The third kappa shape index (κ3) is 55.9. The van der Waals surface area contributed by atoms with Crippen molar-refractivity contribution < 1.29 is 28.6 Å². The lowest BCUT2D eigenvalue weighted by Crippen LogP contribution is -2.30. The van der Waals surface area contributed by atoms with Gasteiger partial charge in [-0.15, -0.1) is 0 Å². The van der Waals surface area contributed by atoms with Gasteiger partial charge in [0.25, 0.3) is 0 Å². The average molecular weight is 966 g/mol. The average Bonchev–Trinajstić information content (AvgIpc) is 3.35. The van der Waals surface area contributed by atoms with Gasteiger partial charge in [0.15, 0.2) is 6.10 Å². The van der Waals surface area contributed by atoms with E-state index in [1.165, 1.54) is 141 Å². The van der Waals surface area contributed by atoms with E-state index >= 15 is 0 Å². The van der Waals surface area contributed by atoms with Crippen molar-refractivity contribution in [3.63, 3.8) is 0 Å². The minimum absolute atomic E-state index is 0.0830. The molecule has 6 nitrogen and oxygen atoms in total. The molecule has 0 fully saturated rings. The summed E-state index contributed by atoms with van der Waals surface area (Å²) in [5.74, 6) is -0.901. The summed E-state index contributed by atoms with van der Waals surface area (Å²) in [5, 5.41) is 0. The smallest absolute Gasteiger partial charge is 0.306 e. The van der Waals surface area contributed by atoms with E-state index in [1.54, 1.807) is 0 Å². The van der Waals surface area contributed by atoms with Crippen LogP contribution in [0.25, 0.3) is 0 Å². The molecule has 0 amide bonds. The Bertz CT molecular complexity index is 1250. The molecule has 0 N–H and O–H groups in total. The Hall–Kier alpha value is -2.89. The van der Waals surface area contributed by atoms with Crippen molar-refractivity contribution in [1.29, 1.82) is 0 Å². The highest BCUT2D eigenvalue weighted by Crippen LogP contribution is 2.17. The zero-order valence-electron chi connectivity index (χ0n) is 45.8. The van der Waals surface area contributed by atoms with E-state index in [2.05, 4.69) is 81.5 Å². The van der Waals surface area contributed by atoms with Crippen molar-refractivity contribution in [3.8, 4) is 0 Å². The fraction of sp³-hybridized carbons (Fsp3) is 0.794. The van der Waals surface area contributed by atoms with Crippen LogP contribution in [0, 0.1) is 0 Å². The van der Waals surface area contributed by atoms with Gasteiger partial charge in [0.2, 0.25) is 0 Å². The van der Waals surface area contributed by atoms with Crippen LogP contribution >= 0.6 is 0 Å². The lowest BCUT2D eigenvalue weighted by Gasteiger charge is -2.18. The molecule has 0 aliphatic heterocycles. The minimum atomic E-state index is -0.787. The molecule has 0 bridgehead atoms. The van der Waals surface area contributed by atoms with Crippen LogP contribution in [0.1, 0.15) is 303 Å². The second-order valence-electron chi connectivity index (χ2n) is 19.9. The van der Waals surface area contributed by atoms with Gasteiger partial charge in [-0.3, -0.25) is 14.4 Å². The number of carbonyl (C=O) groups excluding carboxylic acids is 3. The van der Waals surface area contributed by atoms with Gasteiger partial charge in [-0.25, -0.2) is 0 Å². The Balaban J connectivity index is 4.34. The molecule has 0 aliphatic rings. The van der Waals surface area contributed by atoms with E-state index in [1.807, 2.05) is 0 Å². The van der Waals surface area contributed by atoms with Crippen LogP contribution < -0.4 is 0 Å². The minimum Gasteiger partial charge on any atom is -0.462 e. The molecule has 0 radical (unpaired) electrons. The number of esters is 3. The third-order valence-electron chi connectivity index (χ3n) is 13.0. The summed E-state index contributed by atoms with van der Waals surface area (Å²) in [6.45, 7) is 6.51. The molecule has 0 rings (SSSR count). The van der Waals surface area contributed by atoms with Gasteiger partial charge in [-0.2, -0.15) is 0 Å². The second-order valence-corrected chi connectivity index (χ2v) is 19.9. The van der Waals surface area contributed by atoms with Crippen molar-refractivity contribution in [2.75, 3.05) is 13.2 Å². The Labute approximate surface area is 428 Å². The molecule has 0 saturated carbocycles. The van der Waals surface area contributed by atoms with Gasteiger partial charge >= 0.3 is 17.9 Å². The summed E-state index contributed by atoms with van der Waals surface area (Å²) in [5.41, 5.74) is 0. The molecule has 1 atom stereocenters. The Kier molecular flexibility index (Phi) is 55.3. The van der Waals surface area contributed by atoms with Crippen molar-refractivity contribution >= 4 is 17.9 Å². The predicted molar refractivity (Wildman–Crippen MR) is 298 cm³/mol. The summed E-state index contributed by atoms with van der Waals surface area (Å²) in [6.07, 6.45) is 72.2. The van der Waals surface area contributed by atoms with E-state index < -0.39 is 6.10 Å². The molecule has 0 saturated heterocycles. The molecular weight excluding hydrogens is 853 g/mol. The molecule has 0 spiro atoms. The number of hydrogen-bond donors (Lipinski definition) is 0. The Morgan fingerprint density at radius 3 is 0.913 bits per heavy atom. The normalized spacial score (nSPS) is 12.4. The highest BCUT2D eigenvalue weighted by atomic mass is 16.6. The van der Waals surface area contributed by atoms with Gasteiger partial charge < -0.3 is 14.2 Å². The summed E-state index contributed by atoms with van der Waals surface area (Å²) in [6, 6.07) is 0. The van der Waals surface area contributed by atoms with Crippen LogP contribution in [0.5, 0.6) is 0 Å². The lowest BCUT2D eigenvalue weighted by molar-refractivity contribution is -0.167. The first-order valence-corrected chi connectivity index (χ1v) is 29.8. The van der Waals surface area contributed by atoms with Gasteiger partial charge in [-0.05, 0) is 83.5 Å². The van der Waals surface area contributed by atoms with Crippen LogP contribution in [-0.4, -0.2) is 37.2 Å². The van der Waals surface area contributed by atoms with E-state index in [0.717, 1.165) is 122 Å². The summed E-state index contributed by atoms with van der Waals surface area (Å²) in [7, 11) is 0. The molecule has 0 aliphatic carbocycles. The van der Waals surface area contributed by atoms with E-state index in [-0.39, 0.29) is 31.1 Å². The SMILES string of the molecule is CC/C=C\C/C=C\C/C=C\CCCCCCCC(=O)OC[C@H](COC(=O)CCCCCCCCCCCCCCCCCCCCCCC)OC(=O)CCCCCCC/C=C\C/C=C\CCCCC. The maximum atomic E-state index is 12.9. The quantitative estimate of drug-likeness (QED) is 0.0262. The lowest BCUT2D eigenvalue weighted by atomic mass is 10.0. The molecule has 69 heavy (non-hydrogen) atoms. The summed E-state index contributed by atoms with van der Waals surface area (Å²) >= 11 is 0. The zero-order valence-corrected chi connectivity index (χ0v) is 45.8. The molecule has 400 valence electrons. The molecular formula is C63H112O6. The van der Waals surface area contributed by atoms with Crippen LogP contribution in [-0.2, 0) is 28.6 Å². The summed E-state index contributed by atoms with van der Waals surface area (Å²) in [4.78, 5) is 38.2. The number of allylic oxidation sites excluding steroid dienone is 10. The standard InChI is InChI=1S/C63H112O6/c1-4-7-10-13-16-19-22-25-28-29-30-31-32-33-36-38-41-44-47-50-53-56-62(65)68-59-60(69-63(66)57-54-51-48-45-42-39-35-27-24-21-18-15-12-9-6-3)58-67-61(64)55-52-49-46-43-40-37-34-26-23-20-17-14-11-8-5-2/h8,11,17-18,20-21,26-27,34-35,60H,4-7,9-10,12-16,19,22-25,28-33,36-59H2,1-3H3/b11-8-,20-17-,21-18-,34-26-,35-27-/t60-/m1/s1. The second kappa shape index (κ2) is 57.7. The fourth-order valence-electron chi connectivity index (χ4n) is 8.55. The maximum Gasteiger partial charge on any atom is 0.306 e. The monoisotopic (exact) mass is 965 g/mol. The van der Waals surface area contributed by atoms with Crippen LogP contribution in [0.4, 0.5) is 0 Å². The van der Waals surface area contributed by atoms with E-state index in [9.17, 15) is 14.4 Å². The molecule has 0 aromatic rings. The largest absolute Gasteiger partial charge is 0.462 e. The maximum absolute atomic E-state index is 12.9. The molecule has 0 heterocycles. The van der Waals surface area contributed by atoms with Crippen LogP contribution in [0.15, 0.2) is 60.8 Å². The van der Waals surface area contributed by atoms with Gasteiger partial charge in [0.05, 0.1) is 0 Å². The van der Waals surface area contributed by atoms with Crippen molar-refractivity contribution in [2.45, 2.75) is 309 Å². The number of rotatable bonds is 54. The zero-order chi connectivity index (χ0) is 50.0. The first-order chi connectivity index (χ1) is 34.0. The van der Waals surface area contributed by atoms with Crippen molar-refractivity contribution in [2.24, 2.45) is 0 Å². The Morgan fingerprint density at radius 1 is 0.304 bits per heavy atom. The van der Waals surface area contributed by atoms with Gasteiger partial charge in [0, 0.05) is 19.3 Å². The number of ether oxygens (including phenoxy) is 3. The molecule has 0 aromatic carbocycles. The first kappa shape index (κ1) is 66.1. The molecule has 6 heteroatoms. The van der Waals surface area contributed by atoms with Gasteiger partial charge in [0.1, 0.15) is 13.2 Å². The first-order valence-electron chi connectivity index (χ1n) is 29.8. The number of carbonyl (C=O) groups is 3. The van der Waals surface area contributed by atoms with E-state index in [0.29, 0.717) is 19.3 Å². The van der Waals surface area contributed by atoms with Crippen molar-refractivity contribution in [3.05, 3.63) is 60.8 Å².